The summed E-state index contributed by atoms with van der Waals surface area (Å²) in [6.45, 7) is 1.92. The van der Waals surface area contributed by atoms with Crippen molar-refractivity contribution in [1.82, 2.24) is 9.97 Å². The lowest BCUT2D eigenvalue weighted by Crippen LogP contribution is -2.14. The van der Waals surface area contributed by atoms with Crippen LogP contribution in [0.3, 0.4) is 0 Å². The van der Waals surface area contributed by atoms with E-state index in [4.69, 9.17) is 4.74 Å². The zero-order valence-electron chi connectivity index (χ0n) is 11.5. The zero-order chi connectivity index (χ0) is 16.1. The van der Waals surface area contributed by atoms with E-state index in [-0.39, 0.29) is 18.0 Å². The van der Waals surface area contributed by atoms with E-state index in [0.717, 1.165) is 6.33 Å². The number of hydrogen-bond donors (Lipinski definition) is 2. The highest BCUT2D eigenvalue weighted by Crippen LogP contribution is 2.21. The second kappa shape index (κ2) is 6.48. The first-order chi connectivity index (χ1) is 10.5. The van der Waals surface area contributed by atoms with Crippen molar-refractivity contribution in [3.63, 3.8) is 0 Å². The van der Waals surface area contributed by atoms with E-state index in [2.05, 4.69) is 15.3 Å². The van der Waals surface area contributed by atoms with Gasteiger partial charge in [0.2, 0.25) is 5.82 Å². The number of nitro groups is 1. The molecule has 0 radical (unpaired) electrons. The molecule has 114 valence electrons. The monoisotopic (exact) mass is 304 g/mol. The predicted octanol–water partition coefficient (Wildman–Crippen LogP) is 1.60. The Morgan fingerprint density at radius 2 is 2.27 bits per heavy atom. The van der Waals surface area contributed by atoms with Crippen LogP contribution in [-0.2, 0) is 4.74 Å². The molecule has 2 aromatic rings. The molecule has 0 aliphatic rings. The van der Waals surface area contributed by atoms with E-state index < -0.39 is 22.1 Å². The van der Waals surface area contributed by atoms with Gasteiger partial charge >= 0.3 is 17.2 Å². The van der Waals surface area contributed by atoms with Crippen LogP contribution in [-0.4, -0.2) is 27.5 Å². The minimum absolute atomic E-state index is 0.213. The van der Waals surface area contributed by atoms with Crippen LogP contribution in [0.25, 0.3) is 0 Å². The maximum Gasteiger partial charge on any atom is 0.376 e. The van der Waals surface area contributed by atoms with Crippen LogP contribution in [0.4, 0.5) is 17.2 Å². The molecule has 0 aliphatic heterocycles. The average Bonchev–Trinajstić information content (AvgIpc) is 2.47. The Bertz CT molecular complexity index is 771. The number of nitrogens with zero attached hydrogens (tertiary/aromatic N) is 2. The highest BCUT2D eigenvalue weighted by atomic mass is 16.6. The topological polar surface area (TPSA) is 127 Å². The van der Waals surface area contributed by atoms with Crippen molar-refractivity contribution in [2.45, 2.75) is 6.92 Å². The van der Waals surface area contributed by atoms with Gasteiger partial charge in [-0.15, -0.1) is 0 Å². The highest BCUT2D eigenvalue weighted by Gasteiger charge is 2.20. The molecule has 0 saturated carbocycles. The van der Waals surface area contributed by atoms with Gasteiger partial charge in [-0.3, -0.25) is 14.9 Å². The summed E-state index contributed by atoms with van der Waals surface area (Å²) in [5.41, 5.74) is -0.931. The first kappa shape index (κ1) is 15.2. The summed E-state index contributed by atoms with van der Waals surface area (Å²) < 4.78 is 4.87. The number of aromatic nitrogens is 2. The van der Waals surface area contributed by atoms with Gasteiger partial charge in [-0.05, 0) is 25.1 Å². The van der Waals surface area contributed by atoms with Gasteiger partial charge in [0.25, 0.3) is 0 Å². The summed E-state index contributed by atoms with van der Waals surface area (Å²) in [4.78, 5) is 39.1. The van der Waals surface area contributed by atoms with Crippen molar-refractivity contribution in [1.29, 1.82) is 0 Å². The van der Waals surface area contributed by atoms with Crippen LogP contribution in [0.15, 0.2) is 35.4 Å². The van der Waals surface area contributed by atoms with E-state index in [1.165, 1.54) is 6.07 Å². The van der Waals surface area contributed by atoms with Crippen molar-refractivity contribution < 1.29 is 14.5 Å². The Morgan fingerprint density at radius 3 is 2.95 bits per heavy atom. The van der Waals surface area contributed by atoms with E-state index in [9.17, 15) is 19.7 Å². The normalized spacial score (nSPS) is 10.0. The first-order valence-electron chi connectivity index (χ1n) is 6.29. The molecule has 0 fully saturated rings. The second-order valence-electron chi connectivity index (χ2n) is 4.11. The fourth-order valence-electron chi connectivity index (χ4n) is 1.73. The maximum atomic E-state index is 11.6. The molecule has 1 aromatic carbocycles. The van der Waals surface area contributed by atoms with Crippen LogP contribution in [0.2, 0.25) is 0 Å². The molecule has 0 amide bonds. The lowest BCUT2D eigenvalue weighted by molar-refractivity contribution is -0.385. The number of hydrogen-bond acceptors (Lipinski definition) is 7. The number of carbonyl (C=O) groups is 1. The lowest BCUT2D eigenvalue weighted by atomic mass is 10.2. The molecule has 0 aliphatic carbocycles. The van der Waals surface area contributed by atoms with Gasteiger partial charge < -0.3 is 15.0 Å². The molecule has 2 N–H and O–H groups in total. The molecule has 1 heterocycles. The summed E-state index contributed by atoms with van der Waals surface area (Å²) in [6.07, 6.45) is 1.05. The number of aromatic amines is 1. The zero-order valence-corrected chi connectivity index (χ0v) is 11.5. The van der Waals surface area contributed by atoms with Gasteiger partial charge in [0.15, 0.2) is 0 Å². The number of rotatable bonds is 5. The van der Waals surface area contributed by atoms with Crippen molar-refractivity contribution in [3.8, 4) is 0 Å². The Kier molecular flexibility index (Phi) is 4.47. The molecule has 0 bridgehead atoms. The Morgan fingerprint density at radius 1 is 1.50 bits per heavy atom. The Balaban J connectivity index is 2.34. The summed E-state index contributed by atoms with van der Waals surface area (Å²) in [7, 11) is 0. The highest BCUT2D eigenvalue weighted by molar-refractivity contribution is 5.90. The summed E-state index contributed by atoms with van der Waals surface area (Å²) in [5, 5.41) is 13.6. The third-order valence-electron chi connectivity index (χ3n) is 2.65. The number of carbonyl (C=O) groups excluding carboxylic acids is 1. The van der Waals surface area contributed by atoms with Crippen molar-refractivity contribution >= 4 is 23.2 Å². The van der Waals surface area contributed by atoms with Gasteiger partial charge in [-0.25, -0.2) is 9.78 Å². The molecule has 9 nitrogen and oxygen atoms in total. The molecule has 0 unspecified atom stereocenters. The third kappa shape index (κ3) is 3.26. The molecular formula is C13H12N4O5. The van der Waals surface area contributed by atoms with Crippen molar-refractivity contribution in [3.05, 3.63) is 56.6 Å². The third-order valence-corrected chi connectivity index (χ3v) is 2.65. The average molecular weight is 304 g/mol. The molecule has 0 saturated heterocycles. The van der Waals surface area contributed by atoms with E-state index >= 15 is 0 Å². The molecule has 22 heavy (non-hydrogen) atoms. The molecule has 9 heteroatoms. The minimum atomic E-state index is -0.871. The van der Waals surface area contributed by atoms with Gasteiger partial charge in [0, 0.05) is 5.69 Å². The largest absolute Gasteiger partial charge is 0.462 e. The second-order valence-corrected chi connectivity index (χ2v) is 4.11. The first-order valence-corrected chi connectivity index (χ1v) is 6.29. The number of esters is 1. The summed E-state index contributed by atoms with van der Waals surface area (Å²) in [5.74, 6) is -0.728. The minimum Gasteiger partial charge on any atom is -0.462 e. The molecule has 0 atom stereocenters. The van der Waals surface area contributed by atoms with E-state index in [1.807, 2.05) is 0 Å². The molecular weight excluding hydrogens is 292 g/mol. The van der Waals surface area contributed by atoms with Crippen LogP contribution < -0.4 is 10.9 Å². The van der Waals surface area contributed by atoms with Gasteiger partial charge in [-0.2, -0.15) is 0 Å². The van der Waals surface area contributed by atoms with E-state index in [1.54, 1.807) is 25.1 Å². The smallest absolute Gasteiger partial charge is 0.376 e. The van der Waals surface area contributed by atoms with Crippen LogP contribution in [0, 0.1) is 10.1 Å². The van der Waals surface area contributed by atoms with Crippen molar-refractivity contribution in [2.75, 3.05) is 11.9 Å². The quantitative estimate of drug-likeness (QED) is 0.487. The van der Waals surface area contributed by atoms with Crippen LogP contribution >= 0.6 is 0 Å². The number of H-pyrrole nitrogens is 1. The van der Waals surface area contributed by atoms with E-state index in [0.29, 0.717) is 5.69 Å². The molecule has 0 spiro atoms. The summed E-state index contributed by atoms with van der Waals surface area (Å²) in [6, 6.07) is 6.15. The maximum absolute atomic E-state index is 11.6. The predicted molar refractivity (Wildman–Crippen MR) is 77.2 cm³/mol. The lowest BCUT2D eigenvalue weighted by Gasteiger charge is -2.07. The summed E-state index contributed by atoms with van der Waals surface area (Å²) >= 11 is 0. The standard InChI is InChI=1S/C13H12N4O5/c1-2-22-13(19)8-4-3-5-9(6-8)16-11-10(17(20)21)12(18)15-7-14-11/h3-7H,2H2,1H3,(H2,14,15,16,18). The van der Waals surface area contributed by atoms with Gasteiger partial charge in [0.05, 0.1) is 23.4 Å². The molecule has 1 aromatic heterocycles. The molecule has 2 rings (SSSR count). The SMILES string of the molecule is CCOC(=O)c1cccc(Nc2nc[nH]c(=O)c2[N+](=O)[O-])c1. The van der Waals surface area contributed by atoms with Crippen molar-refractivity contribution in [2.24, 2.45) is 0 Å². The van der Waals surface area contributed by atoms with Gasteiger partial charge in [0.1, 0.15) is 0 Å². The Hall–Kier alpha value is -3.23. The fourth-order valence-corrected chi connectivity index (χ4v) is 1.73. The van der Waals surface area contributed by atoms with Crippen LogP contribution in [0.5, 0.6) is 0 Å². The number of ether oxygens (including phenoxy) is 1. The number of nitrogens with one attached hydrogen (secondary N) is 2. The fraction of sp³-hybridized carbons (Fsp3) is 0.154. The number of anilines is 2. The van der Waals surface area contributed by atoms with Crippen LogP contribution in [0.1, 0.15) is 17.3 Å². The number of benzene rings is 1. The van der Waals surface area contributed by atoms with Gasteiger partial charge in [-0.1, -0.05) is 6.07 Å². The Labute approximate surface area is 124 Å².